The van der Waals surface area contributed by atoms with Gasteiger partial charge in [-0.15, -0.1) is 0 Å². The van der Waals surface area contributed by atoms with E-state index in [1.54, 1.807) is 6.07 Å². The average molecular weight is 314 g/mol. The van der Waals surface area contributed by atoms with Crippen LogP contribution in [-0.2, 0) is 11.3 Å². The number of hydrogen-bond acceptors (Lipinski definition) is 3. The molecule has 0 unspecified atom stereocenters. The smallest absolute Gasteiger partial charge is 0.422 e. The van der Waals surface area contributed by atoms with Crippen molar-refractivity contribution in [1.29, 1.82) is 0 Å². The molecule has 1 amide bonds. The van der Waals surface area contributed by atoms with Crippen LogP contribution in [0, 0.1) is 11.3 Å². The second kappa shape index (κ2) is 5.44. The van der Waals surface area contributed by atoms with Crippen LogP contribution < -0.4 is 10.1 Å². The number of pyridine rings is 1. The minimum absolute atomic E-state index is 0.0205. The van der Waals surface area contributed by atoms with Gasteiger partial charge in [0.2, 0.25) is 11.8 Å². The number of aromatic nitrogens is 1. The van der Waals surface area contributed by atoms with Gasteiger partial charge in [0.05, 0.1) is 0 Å². The van der Waals surface area contributed by atoms with Crippen LogP contribution in [0.2, 0.25) is 0 Å². The molecule has 0 aromatic carbocycles. The zero-order chi connectivity index (χ0) is 15.8. The van der Waals surface area contributed by atoms with Crippen LogP contribution in [0.4, 0.5) is 13.2 Å². The Morgan fingerprint density at radius 2 is 2.14 bits per heavy atom. The minimum atomic E-state index is -4.39. The van der Waals surface area contributed by atoms with Gasteiger partial charge in [-0.25, -0.2) is 4.98 Å². The van der Waals surface area contributed by atoms with Crippen LogP contribution in [0.15, 0.2) is 18.3 Å². The van der Waals surface area contributed by atoms with Crippen molar-refractivity contribution in [2.75, 3.05) is 6.61 Å². The number of ether oxygens (including phenoxy) is 1. The maximum Gasteiger partial charge on any atom is 0.422 e. The van der Waals surface area contributed by atoms with E-state index in [1.165, 1.54) is 25.1 Å². The molecule has 120 valence electrons. The van der Waals surface area contributed by atoms with E-state index < -0.39 is 12.8 Å². The number of alkyl halides is 3. The molecule has 1 aromatic rings. The normalized spacial score (nSPS) is 19.6. The van der Waals surface area contributed by atoms with Crippen molar-refractivity contribution < 1.29 is 22.7 Å². The summed E-state index contributed by atoms with van der Waals surface area (Å²) in [5, 5.41) is 2.82. The number of hydrogen-bond donors (Lipinski definition) is 1. The molecule has 0 aliphatic heterocycles. The fraction of sp³-hybridized carbons (Fsp3) is 0.600. The van der Waals surface area contributed by atoms with Crippen molar-refractivity contribution in [2.45, 2.75) is 38.4 Å². The zero-order valence-electron chi connectivity index (χ0n) is 11.9. The first kappa shape index (κ1) is 15.1. The van der Waals surface area contributed by atoms with Gasteiger partial charge in [-0.05, 0) is 42.7 Å². The Morgan fingerprint density at radius 1 is 1.41 bits per heavy atom. The first-order chi connectivity index (χ1) is 10.4. The Kier molecular flexibility index (Phi) is 3.74. The Bertz CT molecular complexity index is 562. The first-order valence-electron chi connectivity index (χ1n) is 7.28. The minimum Gasteiger partial charge on any atom is -0.468 e. The number of nitrogens with one attached hydrogen (secondary N) is 1. The Balaban J connectivity index is 1.46. The quantitative estimate of drug-likeness (QED) is 0.909. The van der Waals surface area contributed by atoms with Gasteiger partial charge in [0, 0.05) is 24.7 Å². The maximum atomic E-state index is 12.1. The molecule has 2 aliphatic rings. The second-order valence-corrected chi connectivity index (χ2v) is 6.23. The molecule has 0 bridgehead atoms. The zero-order valence-corrected chi connectivity index (χ0v) is 11.9. The predicted molar refractivity (Wildman–Crippen MR) is 72.0 cm³/mol. The number of halogens is 3. The monoisotopic (exact) mass is 314 g/mol. The molecule has 22 heavy (non-hydrogen) atoms. The lowest BCUT2D eigenvalue weighted by Gasteiger charge is -2.34. The van der Waals surface area contributed by atoms with Gasteiger partial charge in [0.1, 0.15) is 0 Å². The van der Waals surface area contributed by atoms with Crippen molar-refractivity contribution >= 4 is 5.91 Å². The van der Waals surface area contributed by atoms with Gasteiger partial charge in [0.15, 0.2) is 6.61 Å². The summed E-state index contributed by atoms with van der Waals surface area (Å²) >= 11 is 0. The highest BCUT2D eigenvalue weighted by molar-refractivity contribution is 5.80. The van der Waals surface area contributed by atoms with E-state index in [0.717, 1.165) is 12.8 Å². The summed E-state index contributed by atoms with van der Waals surface area (Å²) in [6, 6.07) is 3.05. The molecule has 1 N–H and O–H groups in total. The highest BCUT2D eigenvalue weighted by atomic mass is 19.4. The highest BCUT2D eigenvalue weighted by Gasteiger charge is 2.54. The summed E-state index contributed by atoms with van der Waals surface area (Å²) in [6.45, 7) is -1.10. The summed E-state index contributed by atoms with van der Waals surface area (Å²) < 4.78 is 40.8. The number of carbonyl (C=O) groups excluding carboxylic acids is 1. The van der Waals surface area contributed by atoms with Crippen molar-refractivity contribution in [2.24, 2.45) is 11.3 Å². The van der Waals surface area contributed by atoms with Crippen LogP contribution in [-0.4, -0.2) is 23.7 Å². The molecule has 0 saturated heterocycles. The van der Waals surface area contributed by atoms with E-state index in [2.05, 4.69) is 15.0 Å². The van der Waals surface area contributed by atoms with Crippen LogP contribution >= 0.6 is 0 Å². The van der Waals surface area contributed by atoms with Crippen LogP contribution in [0.25, 0.3) is 0 Å². The van der Waals surface area contributed by atoms with E-state index in [1.807, 2.05) is 0 Å². The van der Waals surface area contributed by atoms with Gasteiger partial charge in [-0.2, -0.15) is 13.2 Å². The average Bonchev–Trinajstić information content (AvgIpc) is 3.21. The van der Waals surface area contributed by atoms with Gasteiger partial charge in [-0.3, -0.25) is 4.79 Å². The summed E-state index contributed by atoms with van der Waals surface area (Å²) in [5.74, 6) is 0.0158. The topological polar surface area (TPSA) is 51.2 Å². The molecule has 1 spiro atoms. The van der Waals surface area contributed by atoms with E-state index >= 15 is 0 Å². The second-order valence-electron chi connectivity index (χ2n) is 6.23. The molecule has 4 nitrogen and oxygen atoms in total. The maximum absolute atomic E-state index is 12.1. The Hall–Kier alpha value is -1.79. The van der Waals surface area contributed by atoms with Crippen LogP contribution in [0.3, 0.4) is 0 Å². The van der Waals surface area contributed by atoms with E-state index in [0.29, 0.717) is 11.0 Å². The number of amides is 1. The van der Waals surface area contributed by atoms with Crippen molar-refractivity contribution in [1.82, 2.24) is 10.3 Å². The summed E-state index contributed by atoms with van der Waals surface area (Å²) in [6.07, 6.45) is 1.39. The number of nitrogens with zero attached hydrogens (tertiary/aromatic N) is 1. The predicted octanol–water partition coefficient (Wildman–Crippen LogP) is 2.83. The third-order valence-corrected chi connectivity index (χ3v) is 4.34. The van der Waals surface area contributed by atoms with Crippen molar-refractivity contribution in [3.63, 3.8) is 0 Å². The lowest BCUT2D eigenvalue weighted by molar-refractivity contribution is -0.154. The third-order valence-electron chi connectivity index (χ3n) is 4.34. The first-order valence-corrected chi connectivity index (χ1v) is 7.28. The van der Waals surface area contributed by atoms with Crippen LogP contribution in [0.1, 0.15) is 31.2 Å². The number of rotatable bonds is 5. The molecule has 2 aliphatic carbocycles. The molecule has 3 rings (SSSR count). The third kappa shape index (κ3) is 3.69. The largest absolute Gasteiger partial charge is 0.468 e. The molecule has 0 radical (unpaired) electrons. The van der Waals surface area contributed by atoms with E-state index in [-0.39, 0.29) is 24.2 Å². The SMILES string of the molecule is O=C(NCc1ccnc(OCC(F)(F)F)c1)C1CC2(CC2)C1. The summed E-state index contributed by atoms with van der Waals surface area (Å²) in [5.41, 5.74) is 1.14. The van der Waals surface area contributed by atoms with Crippen LogP contribution in [0.5, 0.6) is 5.88 Å². The van der Waals surface area contributed by atoms with E-state index in [4.69, 9.17) is 0 Å². The molecule has 7 heteroatoms. The van der Waals surface area contributed by atoms with Crippen molar-refractivity contribution in [3.05, 3.63) is 23.9 Å². The fourth-order valence-corrected chi connectivity index (χ4v) is 2.88. The Labute approximate surface area is 126 Å². The molecule has 1 aromatic heterocycles. The summed E-state index contributed by atoms with van der Waals surface area (Å²) in [4.78, 5) is 15.7. The van der Waals surface area contributed by atoms with Crippen molar-refractivity contribution in [3.8, 4) is 5.88 Å². The van der Waals surface area contributed by atoms with Gasteiger partial charge >= 0.3 is 6.18 Å². The van der Waals surface area contributed by atoms with Gasteiger partial charge in [-0.1, -0.05) is 0 Å². The van der Waals surface area contributed by atoms with E-state index in [9.17, 15) is 18.0 Å². The lowest BCUT2D eigenvalue weighted by atomic mass is 9.71. The highest BCUT2D eigenvalue weighted by Crippen LogP contribution is 2.63. The molecular weight excluding hydrogens is 297 g/mol. The standard InChI is InChI=1S/C15H17F3N2O2/c16-15(17,18)9-22-12-5-10(1-4-19-12)8-20-13(21)11-6-14(7-11)2-3-14/h1,4-5,11H,2-3,6-9H2,(H,20,21). The molecular formula is C15H17F3N2O2. The molecule has 2 saturated carbocycles. The molecule has 1 heterocycles. The number of carbonyl (C=O) groups is 1. The molecule has 2 fully saturated rings. The fourth-order valence-electron chi connectivity index (χ4n) is 2.88. The summed E-state index contributed by atoms with van der Waals surface area (Å²) in [7, 11) is 0. The van der Waals surface area contributed by atoms with Gasteiger partial charge < -0.3 is 10.1 Å². The Morgan fingerprint density at radius 3 is 2.77 bits per heavy atom. The lowest BCUT2D eigenvalue weighted by Crippen LogP contribution is -2.39. The molecule has 0 atom stereocenters. The van der Waals surface area contributed by atoms with Gasteiger partial charge in [0.25, 0.3) is 0 Å².